The number of hydrogen-bond donors (Lipinski definition) is 0. The molecule has 2 aromatic carbocycles. The van der Waals surface area contributed by atoms with Crippen LogP contribution < -0.4 is 0 Å². The molecule has 0 amide bonds. The van der Waals surface area contributed by atoms with Gasteiger partial charge in [0.25, 0.3) is 0 Å². The predicted molar refractivity (Wildman–Crippen MR) is 108 cm³/mol. The molecule has 0 radical (unpaired) electrons. The van der Waals surface area contributed by atoms with E-state index in [0.717, 1.165) is 24.2 Å². The van der Waals surface area contributed by atoms with E-state index in [9.17, 15) is 0 Å². The monoisotopic (exact) mass is 358 g/mol. The molecule has 0 saturated heterocycles. The number of aromatic nitrogens is 1. The maximum atomic E-state index is 9.00. The van der Waals surface area contributed by atoms with Crippen molar-refractivity contribution in [1.82, 2.24) is 4.98 Å². The van der Waals surface area contributed by atoms with Crippen LogP contribution in [0.3, 0.4) is 0 Å². The molecular weight excluding hydrogens is 332 g/mol. The molecule has 0 aliphatic heterocycles. The van der Waals surface area contributed by atoms with Gasteiger partial charge in [0.05, 0.1) is 17.8 Å². The molecule has 0 aliphatic carbocycles. The maximum absolute atomic E-state index is 9.00. The maximum Gasteiger partial charge on any atom is 0.181 e. The summed E-state index contributed by atoms with van der Waals surface area (Å²) in [5.74, 6) is 0.797. The molecule has 0 aliphatic rings. The lowest BCUT2D eigenvalue weighted by Crippen LogP contribution is -2.24. The van der Waals surface area contributed by atoms with Gasteiger partial charge in [0.15, 0.2) is 12.2 Å². The summed E-state index contributed by atoms with van der Waals surface area (Å²) in [6, 6.07) is 18.7. The SMILES string of the molecule is CC(C)(CCC(C)(C)c1cccc(-c2cnco2)c1)c1ccc(C#N)cc1. The molecule has 138 valence electrons. The predicted octanol–water partition coefficient (Wildman–Crippen LogP) is 6.25. The molecule has 3 aromatic rings. The normalized spacial score (nSPS) is 12.0. The Bertz CT molecular complexity index is 929. The molecule has 0 saturated carbocycles. The molecule has 0 spiro atoms. The average molecular weight is 358 g/mol. The summed E-state index contributed by atoms with van der Waals surface area (Å²) in [6.45, 7) is 9.13. The van der Waals surface area contributed by atoms with Crippen LogP contribution in [-0.2, 0) is 10.8 Å². The third-order valence-corrected chi connectivity index (χ3v) is 5.53. The van der Waals surface area contributed by atoms with Crippen molar-refractivity contribution in [1.29, 1.82) is 5.26 Å². The largest absolute Gasteiger partial charge is 0.444 e. The number of nitrogens with zero attached hydrogens (tertiary/aromatic N) is 2. The first-order valence-electron chi connectivity index (χ1n) is 9.32. The highest BCUT2D eigenvalue weighted by Gasteiger charge is 2.27. The quantitative estimate of drug-likeness (QED) is 0.523. The van der Waals surface area contributed by atoms with E-state index < -0.39 is 0 Å². The van der Waals surface area contributed by atoms with Gasteiger partial charge in [0.1, 0.15) is 0 Å². The van der Waals surface area contributed by atoms with Gasteiger partial charge in [0, 0.05) is 5.56 Å². The zero-order valence-corrected chi connectivity index (χ0v) is 16.5. The van der Waals surface area contributed by atoms with Crippen LogP contribution in [0.25, 0.3) is 11.3 Å². The molecule has 3 nitrogen and oxygen atoms in total. The molecule has 27 heavy (non-hydrogen) atoms. The summed E-state index contributed by atoms with van der Waals surface area (Å²) in [7, 11) is 0. The molecule has 0 atom stereocenters. The van der Waals surface area contributed by atoms with E-state index in [4.69, 9.17) is 9.68 Å². The van der Waals surface area contributed by atoms with Crippen molar-refractivity contribution in [3.05, 3.63) is 77.8 Å². The minimum Gasteiger partial charge on any atom is -0.444 e. The zero-order valence-electron chi connectivity index (χ0n) is 16.5. The van der Waals surface area contributed by atoms with E-state index in [1.807, 2.05) is 12.1 Å². The average Bonchev–Trinajstić information content (AvgIpc) is 3.22. The van der Waals surface area contributed by atoms with Crippen LogP contribution in [0.4, 0.5) is 0 Å². The first-order chi connectivity index (χ1) is 12.8. The van der Waals surface area contributed by atoms with Crippen LogP contribution >= 0.6 is 0 Å². The highest BCUT2D eigenvalue weighted by molar-refractivity contribution is 5.57. The number of benzene rings is 2. The fraction of sp³-hybridized carbons (Fsp3) is 0.333. The Morgan fingerprint density at radius 1 is 0.926 bits per heavy atom. The number of oxazole rings is 1. The first-order valence-corrected chi connectivity index (χ1v) is 9.32. The molecule has 1 heterocycles. The van der Waals surface area contributed by atoms with Crippen molar-refractivity contribution < 1.29 is 4.42 Å². The summed E-state index contributed by atoms with van der Waals surface area (Å²) in [6.07, 6.45) is 5.33. The molecule has 0 bridgehead atoms. The Balaban J connectivity index is 1.76. The molecule has 3 heteroatoms. The zero-order chi connectivity index (χ0) is 19.5. The van der Waals surface area contributed by atoms with Crippen LogP contribution in [-0.4, -0.2) is 4.98 Å². The Morgan fingerprint density at radius 3 is 2.19 bits per heavy atom. The third kappa shape index (κ3) is 4.28. The van der Waals surface area contributed by atoms with E-state index in [1.165, 1.54) is 17.5 Å². The van der Waals surface area contributed by atoms with E-state index in [0.29, 0.717) is 5.56 Å². The molecule has 3 rings (SSSR count). The smallest absolute Gasteiger partial charge is 0.181 e. The van der Waals surface area contributed by atoms with Crippen LogP contribution in [0.5, 0.6) is 0 Å². The summed E-state index contributed by atoms with van der Waals surface area (Å²) in [4.78, 5) is 4.02. The fourth-order valence-electron chi connectivity index (χ4n) is 3.36. The van der Waals surface area contributed by atoms with Crippen molar-refractivity contribution in [3.8, 4) is 17.4 Å². The Morgan fingerprint density at radius 2 is 1.59 bits per heavy atom. The molecular formula is C24H26N2O. The van der Waals surface area contributed by atoms with Gasteiger partial charge in [-0.25, -0.2) is 4.98 Å². The summed E-state index contributed by atoms with van der Waals surface area (Å²) in [5.41, 5.74) is 4.43. The highest BCUT2D eigenvalue weighted by atomic mass is 16.3. The number of nitriles is 1. The molecule has 0 fully saturated rings. The lowest BCUT2D eigenvalue weighted by Gasteiger charge is -2.32. The van der Waals surface area contributed by atoms with Gasteiger partial charge >= 0.3 is 0 Å². The summed E-state index contributed by atoms with van der Waals surface area (Å²) in [5, 5.41) is 9.00. The van der Waals surface area contributed by atoms with Crippen molar-refractivity contribution in [2.24, 2.45) is 0 Å². The van der Waals surface area contributed by atoms with E-state index in [-0.39, 0.29) is 10.8 Å². The lowest BCUT2D eigenvalue weighted by molar-refractivity contribution is 0.375. The standard InChI is InChI=1S/C24H26N2O/c1-23(2,20-10-8-18(15-25)9-11-20)12-13-24(3,4)21-7-5-6-19(14-21)22-16-26-17-27-22/h5-11,14,16-17H,12-13H2,1-4H3. The summed E-state index contributed by atoms with van der Waals surface area (Å²) >= 11 is 0. The molecule has 1 aromatic heterocycles. The van der Waals surface area contributed by atoms with Crippen LogP contribution in [0.15, 0.2) is 65.5 Å². The molecule has 0 unspecified atom stereocenters. The topological polar surface area (TPSA) is 49.8 Å². The van der Waals surface area contributed by atoms with Crippen molar-refractivity contribution in [3.63, 3.8) is 0 Å². The van der Waals surface area contributed by atoms with Gasteiger partial charge < -0.3 is 4.42 Å². The van der Waals surface area contributed by atoms with Gasteiger partial charge in [0.2, 0.25) is 0 Å². The highest BCUT2D eigenvalue weighted by Crippen LogP contribution is 2.37. The van der Waals surface area contributed by atoms with Crippen LogP contribution in [0.1, 0.15) is 57.2 Å². The second-order valence-electron chi connectivity index (χ2n) is 8.40. The minimum absolute atomic E-state index is 0.0416. The second kappa shape index (κ2) is 7.40. The molecule has 0 N–H and O–H groups in total. The van der Waals surface area contributed by atoms with Gasteiger partial charge in [-0.1, -0.05) is 58.0 Å². The van der Waals surface area contributed by atoms with Crippen molar-refractivity contribution in [2.45, 2.75) is 51.4 Å². The Kier molecular flexibility index (Phi) is 5.19. The van der Waals surface area contributed by atoms with Gasteiger partial charge in [-0.05, 0) is 53.0 Å². The van der Waals surface area contributed by atoms with Crippen LogP contribution in [0.2, 0.25) is 0 Å². The van der Waals surface area contributed by atoms with Gasteiger partial charge in [-0.3, -0.25) is 0 Å². The van der Waals surface area contributed by atoms with Gasteiger partial charge in [-0.2, -0.15) is 5.26 Å². The Hall–Kier alpha value is -2.86. The first kappa shape index (κ1) is 18.9. The number of rotatable bonds is 6. The summed E-state index contributed by atoms with van der Waals surface area (Å²) < 4.78 is 5.44. The Labute approximate surface area is 161 Å². The van der Waals surface area contributed by atoms with E-state index in [1.54, 1.807) is 6.20 Å². The van der Waals surface area contributed by atoms with Crippen molar-refractivity contribution in [2.75, 3.05) is 0 Å². The van der Waals surface area contributed by atoms with E-state index >= 15 is 0 Å². The van der Waals surface area contributed by atoms with Gasteiger partial charge in [-0.15, -0.1) is 0 Å². The van der Waals surface area contributed by atoms with E-state index in [2.05, 4.69) is 75.1 Å². The third-order valence-electron chi connectivity index (χ3n) is 5.53. The van der Waals surface area contributed by atoms with Crippen LogP contribution in [0, 0.1) is 11.3 Å². The van der Waals surface area contributed by atoms with Crippen molar-refractivity contribution >= 4 is 0 Å². The lowest BCUT2D eigenvalue weighted by atomic mass is 9.72. The fourth-order valence-corrected chi connectivity index (χ4v) is 3.36. The minimum atomic E-state index is 0.0416. The second-order valence-corrected chi connectivity index (χ2v) is 8.40. The number of hydrogen-bond acceptors (Lipinski definition) is 3.